The van der Waals surface area contributed by atoms with E-state index in [1.165, 1.54) is 17.7 Å². The van der Waals surface area contributed by atoms with Gasteiger partial charge in [-0.2, -0.15) is 0 Å². The second kappa shape index (κ2) is 7.09. The summed E-state index contributed by atoms with van der Waals surface area (Å²) in [6, 6.07) is 12.5. The second-order valence-corrected chi connectivity index (χ2v) is 5.12. The fourth-order valence-electron chi connectivity index (χ4n) is 1.78. The van der Waals surface area contributed by atoms with Gasteiger partial charge in [-0.25, -0.2) is 4.39 Å². The summed E-state index contributed by atoms with van der Waals surface area (Å²) >= 11 is 5.67. The van der Waals surface area contributed by atoms with Crippen molar-refractivity contribution in [3.8, 4) is 0 Å². The van der Waals surface area contributed by atoms with Crippen molar-refractivity contribution in [3.63, 3.8) is 0 Å². The molecule has 5 heteroatoms. The first kappa shape index (κ1) is 15.3. The minimum atomic E-state index is -0.550. The number of aryl methyl sites for hydroxylation is 1. The monoisotopic (exact) mass is 306 g/mol. The molecule has 21 heavy (non-hydrogen) atoms. The van der Waals surface area contributed by atoms with Crippen molar-refractivity contribution in [1.82, 2.24) is 5.32 Å². The Morgan fingerprint density at radius 3 is 2.62 bits per heavy atom. The molecule has 0 bridgehead atoms. The number of nitrogens with one attached hydrogen (secondary N) is 2. The molecule has 0 atom stereocenters. The number of benzene rings is 2. The van der Waals surface area contributed by atoms with Crippen molar-refractivity contribution in [3.05, 3.63) is 64.4 Å². The van der Waals surface area contributed by atoms with Crippen LogP contribution in [0.4, 0.5) is 10.1 Å². The molecule has 0 saturated heterocycles. The summed E-state index contributed by atoms with van der Waals surface area (Å²) in [4.78, 5) is 11.7. The zero-order valence-electron chi connectivity index (χ0n) is 11.6. The van der Waals surface area contributed by atoms with Crippen molar-refractivity contribution in [2.45, 2.75) is 13.5 Å². The van der Waals surface area contributed by atoms with Crippen LogP contribution in [0.1, 0.15) is 11.1 Å². The SMILES string of the molecule is Cc1ccc(CNC(=O)CNc2cccc(Cl)c2F)cc1. The van der Waals surface area contributed by atoms with E-state index in [-0.39, 0.29) is 23.2 Å². The highest BCUT2D eigenvalue weighted by atomic mass is 35.5. The second-order valence-electron chi connectivity index (χ2n) is 4.72. The van der Waals surface area contributed by atoms with E-state index in [2.05, 4.69) is 10.6 Å². The van der Waals surface area contributed by atoms with E-state index in [1.807, 2.05) is 31.2 Å². The standard InChI is InChI=1S/C16H16ClFN2O/c1-11-5-7-12(8-6-11)9-20-15(21)10-19-14-4-2-3-13(17)16(14)18/h2-8,19H,9-10H2,1H3,(H,20,21). The van der Waals surface area contributed by atoms with Gasteiger partial charge in [0, 0.05) is 6.54 Å². The minimum absolute atomic E-state index is 0.0108. The van der Waals surface area contributed by atoms with Crippen LogP contribution in [0.25, 0.3) is 0 Å². The molecule has 2 aromatic carbocycles. The van der Waals surface area contributed by atoms with Gasteiger partial charge in [-0.3, -0.25) is 4.79 Å². The van der Waals surface area contributed by atoms with Crippen molar-refractivity contribution in [2.75, 3.05) is 11.9 Å². The third-order valence-corrected chi connectivity index (χ3v) is 3.29. The number of anilines is 1. The molecule has 0 aromatic heterocycles. The van der Waals surface area contributed by atoms with Crippen molar-refractivity contribution >= 4 is 23.2 Å². The molecule has 3 nitrogen and oxygen atoms in total. The lowest BCUT2D eigenvalue weighted by molar-refractivity contribution is -0.119. The van der Waals surface area contributed by atoms with Crippen LogP contribution in [-0.2, 0) is 11.3 Å². The molecule has 110 valence electrons. The molecule has 2 N–H and O–H groups in total. The molecule has 2 aromatic rings. The molecule has 0 unspecified atom stereocenters. The largest absolute Gasteiger partial charge is 0.374 e. The van der Waals surface area contributed by atoms with Crippen LogP contribution in [-0.4, -0.2) is 12.5 Å². The molecule has 0 aliphatic carbocycles. The van der Waals surface area contributed by atoms with Crippen LogP contribution >= 0.6 is 11.6 Å². The average molecular weight is 307 g/mol. The summed E-state index contributed by atoms with van der Waals surface area (Å²) in [5.74, 6) is -0.763. The van der Waals surface area contributed by atoms with Gasteiger partial charge in [0.05, 0.1) is 17.3 Å². The van der Waals surface area contributed by atoms with Crippen LogP contribution in [0.15, 0.2) is 42.5 Å². The van der Waals surface area contributed by atoms with Crippen LogP contribution in [0.2, 0.25) is 5.02 Å². The molecule has 0 saturated carbocycles. The molecular formula is C16H16ClFN2O. The third-order valence-electron chi connectivity index (χ3n) is 3.00. The van der Waals surface area contributed by atoms with Gasteiger partial charge in [0.25, 0.3) is 0 Å². The van der Waals surface area contributed by atoms with Gasteiger partial charge >= 0.3 is 0 Å². The fraction of sp³-hybridized carbons (Fsp3) is 0.188. The highest BCUT2D eigenvalue weighted by molar-refractivity contribution is 6.31. The maximum absolute atomic E-state index is 13.6. The Morgan fingerprint density at radius 1 is 1.19 bits per heavy atom. The number of carbonyl (C=O) groups excluding carboxylic acids is 1. The number of rotatable bonds is 5. The minimum Gasteiger partial charge on any atom is -0.374 e. The molecule has 0 fully saturated rings. The summed E-state index contributed by atoms with van der Waals surface area (Å²) in [6.07, 6.45) is 0. The third kappa shape index (κ3) is 4.46. The van der Waals surface area contributed by atoms with E-state index >= 15 is 0 Å². The summed E-state index contributed by atoms with van der Waals surface area (Å²) < 4.78 is 13.6. The lowest BCUT2D eigenvalue weighted by atomic mass is 10.1. The molecule has 1 amide bonds. The summed E-state index contributed by atoms with van der Waals surface area (Å²) in [7, 11) is 0. The molecular weight excluding hydrogens is 291 g/mol. The van der Waals surface area contributed by atoms with Gasteiger partial charge in [0.2, 0.25) is 5.91 Å². The van der Waals surface area contributed by atoms with Gasteiger partial charge in [0.15, 0.2) is 5.82 Å². The maximum atomic E-state index is 13.6. The number of halogens is 2. The Labute approximate surface area is 128 Å². The Balaban J connectivity index is 1.82. The number of hydrogen-bond acceptors (Lipinski definition) is 2. The molecule has 0 aliphatic heterocycles. The quantitative estimate of drug-likeness (QED) is 0.887. The number of hydrogen-bond donors (Lipinski definition) is 2. The number of amides is 1. The Hall–Kier alpha value is -2.07. The van der Waals surface area contributed by atoms with E-state index in [9.17, 15) is 9.18 Å². The maximum Gasteiger partial charge on any atom is 0.239 e. The summed E-state index contributed by atoms with van der Waals surface area (Å²) in [6.45, 7) is 2.44. The van der Waals surface area contributed by atoms with E-state index in [0.717, 1.165) is 5.56 Å². The Morgan fingerprint density at radius 2 is 1.90 bits per heavy atom. The smallest absolute Gasteiger partial charge is 0.239 e. The summed E-state index contributed by atoms with van der Waals surface area (Å²) in [5.41, 5.74) is 2.40. The van der Waals surface area contributed by atoms with Crippen LogP contribution in [0.3, 0.4) is 0 Å². The first-order valence-corrected chi connectivity index (χ1v) is 6.94. The lowest BCUT2D eigenvalue weighted by Crippen LogP contribution is -2.29. The van der Waals surface area contributed by atoms with Gasteiger partial charge < -0.3 is 10.6 Å². The predicted octanol–water partition coefficient (Wildman–Crippen LogP) is 3.52. The zero-order chi connectivity index (χ0) is 15.2. The highest BCUT2D eigenvalue weighted by Gasteiger charge is 2.07. The molecule has 0 heterocycles. The molecule has 0 aliphatic rings. The van der Waals surface area contributed by atoms with Crippen LogP contribution in [0.5, 0.6) is 0 Å². The van der Waals surface area contributed by atoms with E-state index in [4.69, 9.17) is 11.6 Å². The van der Waals surface area contributed by atoms with E-state index < -0.39 is 5.82 Å². The van der Waals surface area contributed by atoms with Gasteiger partial charge in [-0.15, -0.1) is 0 Å². The first-order chi connectivity index (χ1) is 10.1. The zero-order valence-corrected chi connectivity index (χ0v) is 12.4. The van der Waals surface area contributed by atoms with Crippen LogP contribution in [0, 0.1) is 12.7 Å². The lowest BCUT2D eigenvalue weighted by Gasteiger charge is -2.09. The predicted molar refractivity (Wildman–Crippen MR) is 82.9 cm³/mol. The molecule has 0 spiro atoms. The number of carbonyl (C=O) groups is 1. The van der Waals surface area contributed by atoms with Crippen molar-refractivity contribution in [2.24, 2.45) is 0 Å². The van der Waals surface area contributed by atoms with E-state index in [0.29, 0.717) is 6.54 Å². The van der Waals surface area contributed by atoms with Crippen molar-refractivity contribution < 1.29 is 9.18 Å². The van der Waals surface area contributed by atoms with Gasteiger partial charge in [-0.1, -0.05) is 47.5 Å². The van der Waals surface area contributed by atoms with Gasteiger partial charge in [0.1, 0.15) is 0 Å². The first-order valence-electron chi connectivity index (χ1n) is 6.56. The highest BCUT2D eigenvalue weighted by Crippen LogP contribution is 2.21. The fourth-order valence-corrected chi connectivity index (χ4v) is 1.96. The van der Waals surface area contributed by atoms with Gasteiger partial charge in [-0.05, 0) is 24.6 Å². The normalized spacial score (nSPS) is 10.2. The summed E-state index contributed by atoms with van der Waals surface area (Å²) in [5, 5.41) is 5.52. The molecule has 2 rings (SSSR count). The Kier molecular flexibility index (Phi) is 5.17. The molecule has 0 radical (unpaired) electrons. The topological polar surface area (TPSA) is 41.1 Å². The van der Waals surface area contributed by atoms with Crippen molar-refractivity contribution in [1.29, 1.82) is 0 Å². The Bertz CT molecular complexity index is 629. The van der Waals surface area contributed by atoms with E-state index in [1.54, 1.807) is 6.07 Å². The average Bonchev–Trinajstić information content (AvgIpc) is 2.48. The van der Waals surface area contributed by atoms with Crippen LogP contribution < -0.4 is 10.6 Å².